The molecule has 0 aromatic heterocycles. The van der Waals surface area contributed by atoms with Crippen LogP contribution < -0.4 is 10.1 Å². The number of carbonyl (C=O) groups is 1. The SMILES string of the molecule is COc1cccc(C#N)c1NC(=O)c1ccc(CBr)cc1. The fourth-order valence-electron chi connectivity index (χ4n) is 1.85. The van der Waals surface area contributed by atoms with Crippen molar-refractivity contribution in [1.29, 1.82) is 5.26 Å². The summed E-state index contributed by atoms with van der Waals surface area (Å²) in [6.07, 6.45) is 0. The number of rotatable bonds is 4. The summed E-state index contributed by atoms with van der Waals surface area (Å²) in [7, 11) is 1.50. The number of alkyl halides is 1. The third-order valence-electron chi connectivity index (χ3n) is 2.98. The summed E-state index contributed by atoms with van der Waals surface area (Å²) in [6, 6.07) is 14.3. The van der Waals surface area contributed by atoms with Crippen molar-refractivity contribution in [3.8, 4) is 11.8 Å². The van der Waals surface area contributed by atoms with Crippen LogP contribution in [0.1, 0.15) is 21.5 Å². The van der Waals surface area contributed by atoms with E-state index in [1.165, 1.54) is 7.11 Å². The molecule has 0 aliphatic carbocycles. The summed E-state index contributed by atoms with van der Waals surface area (Å²) in [5.41, 5.74) is 2.35. The zero-order valence-electron chi connectivity index (χ0n) is 11.4. The molecule has 0 aliphatic rings. The van der Waals surface area contributed by atoms with E-state index in [0.29, 0.717) is 22.6 Å². The van der Waals surface area contributed by atoms with E-state index in [1.54, 1.807) is 30.3 Å². The highest BCUT2D eigenvalue weighted by atomic mass is 79.9. The third kappa shape index (κ3) is 3.41. The fourth-order valence-corrected chi connectivity index (χ4v) is 2.23. The topological polar surface area (TPSA) is 62.1 Å². The van der Waals surface area contributed by atoms with Gasteiger partial charge in [0.1, 0.15) is 17.5 Å². The minimum Gasteiger partial charge on any atom is -0.495 e. The van der Waals surface area contributed by atoms with E-state index in [2.05, 4.69) is 21.2 Å². The van der Waals surface area contributed by atoms with Gasteiger partial charge in [0.2, 0.25) is 0 Å². The zero-order valence-corrected chi connectivity index (χ0v) is 13.0. The molecule has 0 radical (unpaired) electrons. The maximum atomic E-state index is 12.3. The molecule has 0 fully saturated rings. The van der Waals surface area contributed by atoms with Crippen molar-refractivity contribution in [2.45, 2.75) is 5.33 Å². The molecule has 0 atom stereocenters. The first kappa shape index (κ1) is 15.1. The summed E-state index contributed by atoms with van der Waals surface area (Å²) in [5, 5.41) is 12.6. The highest BCUT2D eigenvalue weighted by Crippen LogP contribution is 2.28. The molecule has 0 aliphatic heterocycles. The van der Waals surface area contributed by atoms with E-state index in [0.717, 1.165) is 10.9 Å². The Hall–Kier alpha value is -2.32. The lowest BCUT2D eigenvalue weighted by Crippen LogP contribution is -2.13. The summed E-state index contributed by atoms with van der Waals surface area (Å²) >= 11 is 3.36. The summed E-state index contributed by atoms with van der Waals surface area (Å²) < 4.78 is 5.19. The summed E-state index contributed by atoms with van der Waals surface area (Å²) in [6.45, 7) is 0. The number of para-hydroxylation sites is 1. The Balaban J connectivity index is 2.29. The van der Waals surface area contributed by atoms with Gasteiger partial charge in [0.05, 0.1) is 12.7 Å². The molecule has 0 saturated heterocycles. The van der Waals surface area contributed by atoms with Gasteiger partial charge in [-0.1, -0.05) is 34.1 Å². The minimum atomic E-state index is -0.280. The lowest BCUT2D eigenvalue weighted by Gasteiger charge is -2.11. The molecule has 0 heterocycles. The van der Waals surface area contributed by atoms with Crippen LogP contribution in [0, 0.1) is 11.3 Å². The van der Waals surface area contributed by atoms with Crippen LogP contribution >= 0.6 is 15.9 Å². The van der Waals surface area contributed by atoms with Crippen LogP contribution in [0.5, 0.6) is 5.75 Å². The average molecular weight is 345 g/mol. The molecule has 1 N–H and O–H groups in total. The van der Waals surface area contributed by atoms with Gasteiger partial charge in [0, 0.05) is 10.9 Å². The first-order valence-electron chi connectivity index (χ1n) is 6.23. The van der Waals surface area contributed by atoms with E-state index in [4.69, 9.17) is 10.00 Å². The van der Waals surface area contributed by atoms with Crippen molar-refractivity contribution in [2.24, 2.45) is 0 Å². The normalized spacial score (nSPS) is 9.76. The highest BCUT2D eigenvalue weighted by molar-refractivity contribution is 9.08. The number of halogens is 1. The van der Waals surface area contributed by atoms with Gasteiger partial charge in [-0.05, 0) is 29.8 Å². The Morgan fingerprint density at radius 3 is 2.57 bits per heavy atom. The number of benzene rings is 2. The van der Waals surface area contributed by atoms with Crippen LogP contribution in [0.2, 0.25) is 0 Å². The Morgan fingerprint density at radius 2 is 2.00 bits per heavy atom. The van der Waals surface area contributed by atoms with Crippen molar-refractivity contribution in [3.63, 3.8) is 0 Å². The van der Waals surface area contributed by atoms with Gasteiger partial charge < -0.3 is 10.1 Å². The number of amides is 1. The number of hydrogen-bond donors (Lipinski definition) is 1. The molecular formula is C16H13BrN2O2. The molecule has 106 valence electrons. The number of nitrogens with one attached hydrogen (secondary N) is 1. The van der Waals surface area contributed by atoms with Gasteiger partial charge >= 0.3 is 0 Å². The van der Waals surface area contributed by atoms with Crippen LogP contribution in [0.25, 0.3) is 0 Å². The molecular weight excluding hydrogens is 332 g/mol. The predicted octanol–water partition coefficient (Wildman–Crippen LogP) is 3.71. The van der Waals surface area contributed by atoms with E-state index in [1.807, 2.05) is 18.2 Å². The largest absolute Gasteiger partial charge is 0.495 e. The number of nitrogens with zero attached hydrogens (tertiary/aromatic N) is 1. The maximum absolute atomic E-state index is 12.3. The van der Waals surface area contributed by atoms with Gasteiger partial charge in [-0.15, -0.1) is 0 Å². The second kappa shape index (κ2) is 6.91. The number of hydrogen-bond acceptors (Lipinski definition) is 3. The van der Waals surface area contributed by atoms with Crippen LogP contribution in [0.3, 0.4) is 0 Å². The average Bonchev–Trinajstić information content (AvgIpc) is 2.55. The Morgan fingerprint density at radius 1 is 1.29 bits per heavy atom. The van der Waals surface area contributed by atoms with Gasteiger partial charge in [0.15, 0.2) is 0 Å². The number of anilines is 1. The molecule has 21 heavy (non-hydrogen) atoms. The lowest BCUT2D eigenvalue weighted by molar-refractivity contribution is 0.102. The highest BCUT2D eigenvalue weighted by Gasteiger charge is 2.13. The van der Waals surface area contributed by atoms with Crippen molar-refractivity contribution < 1.29 is 9.53 Å². The molecule has 0 bridgehead atoms. The second-order valence-corrected chi connectivity index (χ2v) is 4.84. The van der Waals surface area contributed by atoms with Crippen molar-refractivity contribution >= 4 is 27.5 Å². The molecule has 4 nitrogen and oxygen atoms in total. The number of nitriles is 1. The van der Waals surface area contributed by atoms with Gasteiger partial charge in [-0.2, -0.15) is 5.26 Å². The van der Waals surface area contributed by atoms with Crippen molar-refractivity contribution in [1.82, 2.24) is 0 Å². The molecule has 2 rings (SSSR count). The second-order valence-electron chi connectivity index (χ2n) is 4.28. The minimum absolute atomic E-state index is 0.280. The Labute approximate surface area is 131 Å². The van der Waals surface area contributed by atoms with Crippen LogP contribution in [0.15, 0.2) is 42.5 Å². The molecule has 2 aromatic rings. The van der Waals surface area contributed by atoms with Crippen LogP contribution in [-0.4, -0.2) is 13.0 Å². The monoisotopic (exact) mass is 344 g/mol. The van der Waals surface area contributed by atoms with Gasteiger partial charge in [0.25, 0.3) is 5.91 Å². The van der Waals surface area contributed by atoms with Crippen molar-refractivity contribution in [3.05, 3.63) is 59.2 Å². The number of methoxy groups -OCH3 is 1. The van der Waals surface area contributed by atoms with Crippen LogP contribution in [0.4, 0.5) is 5.69 Å². The number of ether oxygens (including phenoxy) is 1. The van der Waals surface area contributed by atoms with Gasteiger partial charge in [-0.3, -0.25) is 4.79 Å². The van der Waals surface area contributed by atoms with E-state index in [-0.39, 0.29) is 5.91 Å². The Kier molecular flexibility index (Phi) is 4.96. The molecule has 0 saturated carbocycles. The van der Waals surface area contributed by atoms with Gasteiger partial charge in [-0.25, -0.2) is 0 Å². The fraction of sp³-hybridized carbons (Fsp3) is 0.125. The standard InChI is InChI=1S/C16H13BrN2O2/c1-21-14-4-2-3-13(10-18)15(14)19-16(20)12-7-5-11(9-17)6-8-12/h2-8H,9H2,1H3,(H,19,20). The summed E-state index contributed by atoms with van der Waals surface area (Å²) in [4.78, 5) is 12.3. The van der Waals surface area contributed by atoms with Crippen molar-refractivity contribution in [2.75, 3.05) is 12.4 Å². The number of carbonyl (C=O) groups excluding carboxylic acids is 1. The van der Waals surface area contributed by atoms with Crippen LogP contribution in [-0.2, 0) is 5.33 Å². The predicted molar refractivity (Wildman–Crippen MR) is 84.7 cm³/mol. The first-order chi connectivity index (χ1) is 10.2. The Bertz CT molecular complexity index is 690. The van der Waals surface area contributed by atoms with E-state index >= 15 is 0 Å². The molecule has 0 spiro atoms. The lowest BCUT2D eigenvalue weighted by atomic mass is 10.1. The molecule has 1 amide bonds. The third-order valence-corrected chi connectivity index (χ3v) is 3.62. The van der Waals surface area contributed by atoms with E-state index in [9.17, 15) is 4.79 Å². The smallest absolute Gasteiger partial charge is 0.255 e. The zero-order chi connectivity index (χ0) is 15.2. The molecule has 5 heteroatoms. The van der Waals surface area contributed by atoms with E-state index < -0.39 is 0 Å². The summed E-state index contributed by atoms with van der Waals surface area (Å²) in [5.74, 6) is 0.177. The maximum Gasteiger partial charge on any atom is 0.255 e. The molecule has 2 aromatic carbocycles. The quantitative estimate of drug-likeness (QED) is 0.860. The molecule has 0 unspecified atom stereocenters. The first-order valence-corrected chi connectivity index (χ1v) is 7.35.